The normalized spacial score (nSPS) is 11.9. The van der Waals surface area contributed by atoms with Crippen molar-refractivity contribution in [3.05, 3.63) is 30.3 Å². The second-order valence-corrected chi connectivity index (χ2v) is 3.84. The number of benzene rings is 1. The summed E-state index contributed by atoms with van der Waals surface area (Å²) in [6.07, 6.45) is 1.27. The maximum absolute atomic E-state index is 11.3. The van der Waals surface area contributed by atoms with Gasteiger partial charge in [-0.15, -0.1) is 0 Å². The zero-order chi connectivity index (χ0) is 11.8. The van der Waals surface area contributed by atoms with E-state index in [4.69, 9.17) is 4.74 Å². The first-order chi connectivity index (χ1) is 7.72. The molecule has 0 aromatic heterocycles. The minimum absolute atomic E-state index is 0.0896. The van der Waals surface area contributed by atoms with Gasteiger partial charge in [-0.05, 0) is 25.5 Å². The highest BCUT2D eigenvalue weighted by molar-refractivity contribution is 5.70. The summed E-state index contributed by atoms with van der Waals surface area (Å²) in [6.45, 7) is 4.47. The Labute approximate surface area is 96.8 Å². The van der Waals surface area contributed by atoms with Crippen molar-refractivity contribution in [2.24, 2.45) is 0 Å². The molecule has 0 radical (unpaired) electrons. The number of ether oxygens (including phenoxy) is 1. The van der Waals surface area contributed by atoms with Crippen LogP contribution in [0.25, 0.3) is 0 Å². The highest BCUT2D eigenvalue weighted by Gasteiger charge is 2.09. The third-order valence-electron chi connectivity index (χ3n) is 2.13. The molecule has 0 saturated carbocycles. The van der Waals surface area contributed by atoms with Crippen LogP contribution in [0.1, 0.15) is 26.7 Å². The van der Waals surface area contributed by atoms with Crippen LogP contribution in [0.3, 0.4) is 0 Å². The Bertz CT molecular complexity index is 311. The number of hydrogen-bond donors (Lipinski definition) is 1. The number of nitrogens with one attached hydrogen (secondary N) is 1. The fourth-order valence-corrected chi connectivity index (χ4v) is 1.39. The van der Waals surface area contributed by atoms with Crippen molar-refractivity contribution in [2.45, 2.75) is 32.7 Å². The Balaban J connectivity index is 2.30. The smallest absolute Gasteiger partial charge is 0.307 e. The molecule has 1 aromatic rings. The van der Waals surface area contributed by atoms with E-state index >= 15 is 0 Å². The number of rotatable bonds is 6. The fourth-order valence-electron chi connectivity index (χ4n) is 1.39. The van der Waals surface area contributed by atoms with Crippen molar-refractivity contribution in [3.8, 4) is 0 Å². The molecular weight excluding hydrogens is 202 g/mol. The van der Waals surface area contributed by atoms with Gasteiger partial charge in [-0.1, -0.05) is 25.1 Å². The molecule has 1 rings (SSSR count). The highest BCUT2D eigenvalue weighted by Crippen LogP contribution is 2.08. The van der Waals surface area contributed by atoms with E-state index in [-0.39, 0.29) is 12.0 Å². The van der Waals surface area contributed by atoms with Crippen molar-refractivity contribution >= 4 is 11.7 Å². The van der Waals surface area contributed by atoms with Gasteiger partial charge in [0.1, 0.15) is 0 Å². The molecule has 0 bridgehead atoms. The van der Waals surface area contributed by atoms with Gasteiger partial charge in [0.05, 0.1) is 13.0 Å². The average molecular weight is 221 g/mol. The van der Waals surface area contributed by atoms with E-state index in [0.717, 1.165) is 12.1 Å². The molecule has 0 fully saturated rings. The maximum atomic E-state index is 11.3. The number of para-hydroxylation sites is 1. The Morgan fingerprint density at radius 3 is 2.69 bits per heavy atom. The van der Waals surface area contributed by atoms with E-state index in [0.29, 0.717) is 13.0 Å². The molecule has 1 aromatic carbocycles. The first-order valence-electron chi connectivity index (χ1n) is 5.69. The summed E-state index contributed by atoms with van der Waals surface area (Å²) in [4.78, 5) is 11.3. The molecule has 3 heteroatoms. The second-order valence-electron chi connectivity index (χ2n) is 3.84. The third kappa shape index (κ3) is 4.82. The molecule has 0 amide bonds. The van der Waals surface area contributed by atoms with Gasteiger partial charge in [-0.2, -0.15) is 0 Å². The van der Waals surface area contributed by atoms with Gasteiger partial charge in [-0.3, -0.25) is 4.79 Å². The molecule has 0 aliphatic carbocycles. The van der Waals surface area contributed by atoms with E-state index in [2.05, 4.69) is 5.32 Å². The van der Waals surface area contributed by atoms with Crippen LogP contribution in [0.5, 0.6) is 0 Å². The Morgan fingerprint density at radius 1 is 1.38 bits per heavy atom. The van der Waals surface area contributed by atoms with Crippen LogP contribution >= 0.6 is 0 Å². The molecule has 0 heterocycles. The van der Waals surface area contributed by atoms with Crippen LogP contribution in [0.2, 0.25) is 0 Å². The lowest BCUT2D eigenvalue weighted by Crippen LogP contribution is -2.21. The Hall–Kier alpha value is -1.51. The molecule has 3 nitrogen and oxygen atoms in total. The molecule has 0 aliphatic rings. The average Bonchev–Trinajstić information content (AvgIpc) is 2.27. The lowest BCUT2D eigenvalue weighted by molar-refractivity contribution is -0.143. The SMILES string of the molecule is CCCOC(=O)C[C@H](C)Nc1ccccc1. The van der Waals surface area contributed by atoms with Crippen LogP contribution in [0.15, 0.2) is 30.3 Å². The minimum Gasteiger partial charge on any atom is -0.466 e. The van der Waals surface area contributed by atoms with Crippen molar-refractivity contribution in [1.82, 2.24) is 0 Å². The van der Waals surface area contributed by atoms with Gasteiger partial charge in [0.15, 0.2) is 0 Å². The van der Waals surface area contributed by atoms with Crippen LogP contribution in [-0.2, 0) is 9.53 Å². The molecular formula is C13H19NO2. The summed E-state index contributed by atoms with van der Waals surface area (Å²) >= 11 is 0. The molecule has 1 N–H and O–H groups in total. The number of esters is 1. The topological polar surface area (TPSA) is 38.3 Å². The Morgan fingerprint density at radius 2 is 2.06 bits per heavy atom. The van der Waals surface area contributed by atoms with E-state index in [1.165, 1.54) is 0 Å². The van der Waals surface area contributed by atoms with E-state index in [9.17, 15) is 4.79 Å². The number of carbonyl (C=O) groups excluding carboxylic acids is 1. The first kappa shape index (κ1) is 12.6. The van der Waals surface area contributed by atoms with Crippen molar-refractivity contribution in [1.29, 1.82) is 0 Å². The van der Waals surface area contributed by atoms with E-state index in [1.807, 2.05) is 44.2 Å². The molecule has 0 saturated heterocycles. The number of hydrogen-bond acceptors (Lipinski definition) is 3. The molecule has 0 aliphatic heterocycles. The van der Waals surface area contributed by atoms with Gasteiger partial charge >= 0.3 is 5.97 Å². The first-order valence-corrected chi connectivity index (χ1v) is 5.69. The van der Waals surface area contributed by atoms with Gasteiger partial charge in [0.25, 0.3) is 0 Å². The molecule has 88 valence electrons. The van der Waals surface area contributed by atoms with Crippen molar-refractivity contribution in [3.63, 3.8) is 0 Å². The monoisotopic (exact) mass is 221 g/mol. The largest absolute Gasteiger partial charge is 0.466 e. The van der Waals surface area contributed by atoms with Crippen LogP contribution in [0, 0.1) is 0 Å². The summed E-state index contributed by atoms with van der Waals surface area (Å²) in [5, 5.41) is 3.25. The van der Waals surface area contributed by atoms with Gasteiger partial charge < -0.3 is 10.1 Å². The zero-order valence-corrected chi connectivity index (χ0v) is 9.90. The van der Waals surface area contributed by atoms with E-state index < -0.39 is 0 Å². The maximum Gasteiger partial charge on any atom is 0.307 e. The van der Waals surface area contributed by atoms with Gasteiger partial charge in [0, 0.05) is 11.7 Å². The summed E-state index contributed by atoms with van der Waals surface area (Å²) in [6, 6.07) is 9.94. The predicted molar refractivity (Wildman–Crippen MR) is 65.4 cm³/mol. The molecule has 1 atom stereocenters. The standard InChI is InChI=1S/C13H19NO2/c1-3-9-16-13(15)10-11(2)14-12-7-5-4-6-8-12/h4-8,11,14H,3,9-10H2,1-2H3/t11-/m0/s1. The fraction of sp³-hybridized carbons (Fsp3) is 0.462. The Kier molecular flexibility index (Phi) is 5.40. The van der Waals surface area contributed by atoms with Crippen LogP contribution in [-0.4, -0.2) is 18.6 Å². The number of anilines is 1. The summed E-state index contributed by atoms with van der Waals surface area (Å²) in [5.74, 6) is -0.141. The quantitative estimate of drug-likeness (QED) is 0.751. The zero-order valence-electron chi connectivity index (χ0n) is 9.90. The summed E-state index contributed by atoms with van der Waals surface area (Å²) in [5.41, 5.74) is 1.03. The highest BCUT2D eigenvalue weighted by atomic mass is 16.5. The van der Waals surface area contributed by atoms with Crippen molar-refractivity contribution in [2.75, 3.05) is 11.9 Å². The second kappa shape index (κ2) is 6.88. The van der Waals surface area contributed by atoms with Crippen molar-refractivity contribution < 1.29 is 9.53 Å². The van der Waals surface area contributed by atoms with Gasteiger partial charge in [-0.25, -0.2) is 0 Å². The molecule has 16 heavy (non-hydrogen) atoms. The minimum atomic E-state index is -0.141. The summed E-state index contributed by atoms with van der Waals surface area (Å²) in [7, 11) is 0. The van der Waals surface area contributed by atoms with E-state index in [1.54, 1.807) is 0 Å². The number of carbonyl (C=O) groups is 1. The molecule has 0 spiro atoms. The van der Waals surface area contributed by atoms with Gasteiger partial charge in [0.2, 0.25) is 0 Å². The lowest BCUT2D eigenvalue weighted by atomic mass is 10.2. The van der Waals surface area contributed by atoms with Crippen LogP contribution in [0.4, 0.5) is 5.69 Å². The third-order valence-corrected chi connectivity index (χ3v) is 2.13. The predicted octanol–water partition coefficient (Wildman–Crippen LogP) is 2.83. The molecule has 0 unspecified atom stereocenters. The van der Waals surface area contributed by atoms with Crippen LogP contribution < -0.4 is 5.32 Å². The summed E-state index contributed by atoms with van der Waals surface area (Å²) < 4.78 is 5.02. The lowest BCUT2D eigenvalue weighted by Gasteiger charge is -2.14.